The number of benzene rings is 1. The summed E-state index contributed by atoms with van der Waals surface area (Å²) in [6.07, 6.45) is 5.51. The molecule has 1 spiro atoms. The predicted octanol–water partition coefficient (Wildman–Crippen LogP) is 2.77. The number of aromatic amines is 1. The fraction of sp³-hybridized carbons (Fsp3) is 0.550. The third-order valence-corrected chi connectivity index (χ3v) is 6.12. The van der Waals surface area contributed by atoms with E-state index < -0.39 is 5.79 Å². The number of nitrogens with one attached hydrogen (secondary N) is 1. The van der Waals surface area contributed by atoms with Crippen LogP contribution in [0.15, 0.2) is 24.4 Å². The molecule has 2 aromatic rings. The van der Waals surface area contributed by atoms with E-state index in [2.05, 4.69) is 30.1 Å². The molecule has 4 fully saturated rings. The van der Waals surface area contributed by atoms with Crippen LogP contribution in [0.25, 0.3) is 10.9 Å². The molecule has 2 bridgehead atoms. The zero-order valence-electron chi connectivity index (χ0n) is 14.6. The first-order chi connectivity index (χ1) is 12.1. The van der Waals surface area contributed by atoms with Crippen molar-refractivity contribution in [2.45, 2.75) is 44.4 Å². The SMILES string of the molecule is Cc1ccc2[nH]cc(CC(=O)N3CC4CCC3C3(C4)OCCO3)c2c1. The zero-order valence-corrected chi connectivity index (χ0v) is 14.6. The number of aromatic nitrogens is 1. The maximum absolute atomic E-state index is 13.1. The minimum atomic E-state index is -0.534. The average Bonchev–Trinajstić information content (AvgIpc) is 3.23. The average molecular weight is 340 g/mol. The Labute approximate surface area is 147 Å². The number of rotatable bonds is 2. The summed E-state index contributed by atoms with van der Waals surface area (Å²) in [7, 11) is 0. The van der Waals surface area contributed by atoms with Crippen LogP contribution in [0.3, 0.4) is 0 Å². The van der Waals surface area contributed by atoms with E-state index in [1.54, 1.807) is 0 Å². The van der Waals surface area contributed by atoms with Crippen LogP contribution >= 0.6 is 0 Å². The fourth-order valence-corrected chi connectivity index (χ4v) is 4.97. The Kier molecular flexibility index (Phi) is 3.44. The minimum Gasteiger partial charge on any atom is -0.361 e. The second kappa shape index (κ2) is 5.58. The summed E-state index contributed by atoms with van der Waals surface area (Å²) in [5.74, 6) is 0.153. The molecule has 1 aliphatic carbocycles. The van der Waals surface area contributed by atoms with Gasteiger partial charge in [0.15, 0.2) is 5.79 Å². The second-order valence-electron chi connectivity index (χ2n) is 7.76. The van der Waals surface area contributed by atoms with Crippen LogP contribution in [-0.2, 0) is 20.7 Å². The molecule has 2 atom stereocenters. The van der Waals surface area contributed by atoms with Crippen molar-refractivity contribution in [1.29, 1.82) is 0 Å². The molecule has 0 radical (unpaired) electrons. The number of nitrogens with zero attached hydrogens (tertiary/aromatic N) is 1. The summed E-state index contributed by atoms with van der Waals surface area (Å²) in [5, 5.41) is 1.15. The predicted molar refractivity (Wildman–Crippen MR) is 94.2 cm³/mol. The highest BCUT2D eigenvalue weighted by Crippen LogP contribution is 2.46. The van der Waals surface area contributed by atoms with Gasteiger partial charge in [0.2, 0.25) is 5.91 Å². The van der Waals surface area contributed by atoms with Gasteiger partial charge in [0.1, 0.15) is 0 Å². The fourth-order valence-electron chi connectivity index (χ4n) is 4.97. The number of carbonyl (C=O) groups is 1. The van der Waals surface area contributed by atoms with Gasteiger partial charge >= 0.3 is 0 Å². The highest BCUT2D eigenvalue weighted by Gasteiger charge is 2.56. The van der Waals surface area contributed by atoms with Gasteiger partial charge in [0, 0.05) is 30.1 Å². The number of H-pyrrole nitrogens is 1. The van der Waals surface area contributed by atoms with Gasteiger partial charge in [-0.2, -0.15) is 0 Å². The first kappa shape index (κ1) is 15.4. The Morgan fingerprint density at radius 2 is 2.16 bits per heavy atom. The Bertz CT molecular complexity index is 821. The smallest absolute Gasteiger partial charge is 0.227 e. The first-order valence-corrected chi connectivity index (χ1v) is 9.29. The van der Waals surface area contributed by atoms with Gasteiger partial charge in [-0.25, -0.2) is 0 Å². The van der Waals surface area contributed by atoms with Crippen LogP contribution in [0.1, 0.15) is 30.4 Å². The standard InChI is InChI=1S/C20H24N2O3/c1-13-2-4-17-16(8-13)15(11-21-17)9-19(23)22-12-14-3-5-18(22)20(10-14)24-6-7-25-20/h2,4,8,11,14,18,21H,3,5-7,9-10,12H2,1H3. The summed E-state index contributed by atoms with van der Waals surface area (Å²) in [6, 6.07) is 6.39. The third kappa shape index (κ3) is 2.41. The van der Waals surface area contributed by atoms with Crippen LogP contribution in [0.2, 0.25) is 0 Å². The molecule has 2 unspecified atom stereocenters. The Hall–Kier alpha value is -1.85. The molecular formula is C20H24N2O3. The molecule has 1 aromatic heterocycles. The van der Waals surface area contributed by atoms with Gasteiger partial charge < -0.3 is 19.4 Å². The van der Waals surface area contributed by atoms with Crippen LogP contribution < -0.4 is 0 Å². The summed E-state index contributed by atoms with van der Waals surface area (Å²) in [5.41, 5.74) is 3.38. The summed E-state index contributed by atoms with van der Waals surface area (Å²) in [6.45, 7) is 4.22. The number of hydrogen-bond donors (Lipinski definition) is 1. The highest BCUT2D eigenvalue weighted by atomic mass is 16.7. The maximum atomic E-state index is 13.1. The molecule has 3 saturated heterocycles. The van der Waals surface area contributed by atoms with Gasteiger partial charge in [0.05, 0.1) is 25.7 Å². The molecule has 1 amide bonds. The van der Waals surface area contributed by atoms with Crippen LogP contribution in [0.4, 0.5) is 0 Å². The van der Waals surface area contributed by atoms with Gasteiger partial charge in [-0.15, -0.1) is 0 Å². The number of piperidine rings is 2. The number of carbonyl (C=O) groups excluding carboxylic acids is 1. The molecule has 1 aromatic carbocycles. The van der Waals surface area contributed by atoms with Gasteiger partial charge in [-0.05, 0) is 43.4 Å². The molecule has 3 aliphatic heterocycles. The van der Waals surface area contributed by atoms with E-state index in [-0.39, 0.29) is 11.9 Å². The molecule has 4 heterocycles. The van der Waals surface area contributed by atoms with Crippen LogP contribution in [-0.4, -0.2) is 47.4 Å². The molecule has 132 valence electrons. The normalized spacial score (nSPS) is 27.5. The van der Waals surface area contributed by atoms with Gasteiger partial charge in [-0.3, -0.25) is 4.79 Å². The quantitative estimate of drug-likeness (QED) is 0.915. The van der Waals surface area contributed by atoms with Crippen molar-refractivity contribution in [2.24, 2.45) is 5.92 Å². The maximum Gasteiger partial charge on any atom is 0.227 e. The Balaban J connectivity index is 1.41. The van der Waals surface area contributed by atoms with Crippen molar-refractivity contribution >= 4 is 16.8 Å². The van der Waals surface area contributed by atoms with Crippen LogP contribution in [0, 0.1) is 12.8 Å². The van der Waals surface area contributed by atoms with E-state index in [4.69, 9.17) is 9.47 Å². The summed E-state index contributed by atoms with van der Waals surface area (Å²) < 4.78 is 12.0. The van der Waals surface area contributed by atoms with E-state index in [1.807, 2.05) is 11.1 Å². The lowest BCUT2D eigenvalue weighted by molar-refractivity contribution is -0.249. The second-order valence-corrected chi connectivity index (χ2v) is 7.76. The molecule has 6 rings (SSSR count). The Morgan fingerprint density at radius 3 is 2.96 bits per heavy atom. The molecule has 1 saturated carbocycles. The number of hydrogen-bond acceptors (Lipinski definition) is 3. The first-order valence-electron chi connectivity index (χ1n) is 9.29. The van der Waals surface area contributed by atoms with E-state index >= 15 is 0 Å². The number of ether oxygens (including phenoxy) is 2. The molecule has 25 heavy (non-hydrogen) atoms. The third-order valence-electron chi connectivity index (χ3n) is 6.12. The van der Waals surface area contributed by atoms with E-state index in [0.29, 0.717) is 25.6 Å². The topological polar surface area (TPSA) is 54.6 Å². The lowest BCUT2D eigenvalue weighted by Gasteiger charge is -2.53. The molecular weight excluding hydrogens is 316 g/mol. The van der Waals surface area contributed by atoms with E-state index in [1.165, 1.54) is 12.0 Å². The number of amides is 1. The van der Waals surface area contributed by atoms with Crippen molar-refractivity contribution in [3.63, 3.8) is 0 Å². The largest absolute Gasteiger partial charge is 0.361 e. The zero-order chi connectivity index (χ0) is 17.0. The molecule has 1 N–H and O–H groups in total. The van der Waals surface area contributed by atoms with Crippen molar-refractivity contribution in [3.05, 3.63) is 35.5 Å². The van der Waals surface area contributed by atoms with E-state index in [9.17, 15) is 4.79 Å². The van der Waals surface area contributed by atoms with Crippen LogP contribution in [0.5, 0.6) is 0 Å². The molecule has 5 nitrogen and oxygen atoms in total. The lowest BCUT2D eigenvalue weighted by Crippen LogP contribution is -2.65. The van der Waals surface area contributed by atoms with Crippen molar-refractivity contribution < 1.29 is 14.3 Å². The summed E-state index contributed by atoms with van der Waals surface area (Å²) >= 11 is 0. The highest BCUT2D eigenvalue weighted by molar-refractivity contribution is 5.89. The Morgan fingerprint density at radius 1 is 1.32 bits per heavy atom. The van der Waals surface area contributed by atoms with Crippen molar-refractivity contribution in [2.75, 3.05) is 19.8 Å². The van der Waals surface area contributed by atoms with E-state index in [0.717, 1.165) is 35.9 Å². The number of fused-ring (bicyclic) bond motifs is 3. The van der Waals surface area contributed by atoms with Gasteiger partial charge in [0.25, 0.3) is 0 Å². The minimum absolute atomic E-state index is 0.0689. The summed E-state index contributed by atoms with van der Waals surface area (Å²) in [4.78, 5) is 18.5. The molecule has 5 heteroatoms. The van der Waals surface area contributed by atoms with Crippen molar-refractivity contribution in [3.8, 4) is 0 Å². The monoisotopic (exact) mass is 340 g/mol. The van der Waals surface area contributed by atoms with Gasteiger partial charge in [-0.1, -0.05) is 11.6 Å². The molecule has 4 aliphatic rings. The van der Waals surface area contributed by atoms with Crippen molar-refractivity contribution in [1.82, 2.24) is 9.88 Å². The number of aryl methyl sites for hydroxylation is 1. The lowest BCUT2D eigenvalue weighted by atomic mass is 9.75.